The molecule has 0 heterocycles. The van der Waals surface area contributed by atoms with Gasteiger partial charge >= 0.3 is 11.9 Å². The number of hydrogen-bond acceptors (Lipinski definition) is 4. The van der Waals surface area contributed by atoms with E-state index in [9.17, 15) is 14.7 Å². The average Bonchev–Trinajstić information content (AvgIpc) is 2.22. The van der Waals surface area contributed by atoms with Crippen molar-refractivity contribution in [2.75, 3.05) is 13.1 Å². The third kappa shape index (κ3) is 8.41. The molecule has 0 saturated heterocycles. The second-order valence-corrected chi connectivity index (χ2v) is 3.73. The first-order valence-electron chi connectivity index (χ1n) is 5.53. The fourth-order valence-corrected chi connectivity index (χ4v) is 1.25. The van der Waals surface area contributed by atoms with Gasteiger partial charge in [-0.2, -0.15) is 0 Å². The Bertz CT molecular complexity index is 288. The van der Waals surface area contributed by atoms with Gasteiger partial charge in [0.05, 0.1) is 6.10 Å². The van der Waals surface area contributed by atoms with Crippen LogP contribution in [0.5, 0.6) is 0 Å². The first-order valence-corrected chi connectivity index (χ1v) is 5.53. The van der Waals surface area contributed by atoms with E-state index in [0.717, 1.165) is 19.4 Å². The molecule has 98 valence electrons. The summed E-state index contributed by atoms with van der Waals surface area (Å²) in [5, 5.41) is 29.7. The lowest BCUT2D eigenvalue weighted by molar-refractivity contribution is -0.135. The third-order valence-corrected chi connectivity index (χ3v) is 2.12. The van der Waals surface area contributed by atoms with Crippen molar-refractivity contribution < 1.29 is 24.9 Å². The second-order valence-electron chi connectivity index (χ2n) is 3.73. The summed E-state index contributed by atoms with van der Waals surface area (Å²) >= 11 is 0. The Balaban J connectivity index is 4.09. The molecule has 0 aromatic rings. The van der Waals surface area contributed by atoms with Crippen LogP contribution in [0.1, 0.15) is 26.2 Å². The van der Waals surface area contributed by atoms with E-state index < -0.39 is 18.0 Å². The van der Waals surface area contributed by atoms with Crippen LogP contribution in [0.4, 0.5) is 0 Å². The van der Waals surface area contributed by atoms with Crippen molar-refractivity contribution in [2.45, 2.75) is 32.3 Å². The predicted molar refractivity (Wildman–Crippen MR) is 61.8 cm³/mol. The Morgan fingerprint density at radius 2 is 2.00 bits per heavy atom. The van der Waals surface area contributed by atoms with E-state index in [1.807, 2.05) is 6.92 Å². The van der Waals surface area contributed by atoms with Crippen molar-refractivity contribution in [3.63, 3.8) is 0 Å². The van der Waals surface area contributed by atoms with Gasteiger partial charge in [-0.15, -0.1) is 0 Å². The summed E-state index contributed by atoms with van der Waals surface area (Å²) < 4.78 is 0. The van der Waals surface area contributed by atoms with Crippen LogP contribution >= 0.6 is 0 Å². The van der Waals surface area contributed by atoms with Crippen molar-refractivity contribution in [3.05, 3.63) is 11.6 Å². The number of aliphatic hydroxyl groups is 1. The largest absolute Gasteiger partial charge is 0.478 e. The van der Waals surface area contributed by atoms with Crippen molar-refractivity contribution in [1.82, 2.24) is 5.32 Å². The minimum Gasteiger partial charge on any atom is -0.478 e. The van der Waals surface area contributed by atoms with Crippen LogP contribution < -0.4 is 5.32 Å². The molecule has 0 aromatic heterocycles. The molecule has 1 unspecified atom stereocenters. The molecule has 0 fully saturated rings. The number of carboxylic acid groups (broad SMARTS) is 2. The van der Waals surface area contributed by atoms with E-state index in [-0.39, 0.29) is 18.5 Å². The first kappa shape index (κ1) is 15.6. The topological polar surface area (TPSA) is 107 Å². The zero-order valence-corrected chi connectivity index (χ0v) is 9.85. The van der Waals surface area contributed by atoms with E-state index in [1.54, 1.807) is 0 Å². The summed E-state index contributed by atoms with van der Waals surface area (Å²) in [6.07, 6.45) is 1.54. The number of aliphatic carboxylic acids is 2. The van der Waals surface area contributed by atoms with Gasteiger partial charge < -0.3 is 20.6 Å². The van der Waals surface area contributed by atoms with E-state index in [2.05, 4.69) is 5.32 Å². The number of hydrogen-bond donors (Lipinski definition) is 4. The number of carbonyl (C=O) groups is 2. The molecule has 0 rings (SSSR count). The lowest BCUT2D eigenvalue weighted by atomic mass is 10.1. The van der Waals surface area contributed by atoms with Crippen LogP contribution in [0.3, 0.4) is 0 Å². The highest BCUT2D eigenvalue weighted by Gasteiger charge is 2.14. The summed E-state index contributed by atoms with van der Waals surface area (Å²) in [7, 11) is 0. The Morgan fingerprint density at radius 3 is 2.47 bits per heavy atom. The van der Waals surface area contributed by atoms with Gasteiger partial charge in [0.1, 0.15) is 0 Å². The van der Waals surface area contributed by atoms with Crippen LogP contribution in [0.25, 0.3) is 0 Å². The van der Waals surface area contributed by atoms with Gasteiger partial charge in [0.25, 0.3) is 0 Å². The molecule has 0 aliphatic carbocycles. The standard InChI is InChI=1S/C11H19NO5/c1-2-3-4-12-7-9(13)5-8(11(16)17)6-10(14)15/h6,9,12-13H,2-5,7H2,1H3,(H,14,15)(H,16,17)/b8-6-. The van der Waals surface area contributed by atoms with E-state index in [4.69, 9.17) is 10.2 Å². The molecule has 0 aliphatic rings. The quantitative estimate of drug-likeness (QED) is 0.342. The fraction of sp³-hybridized carbons (Fsp3) is 0.636. The normalized spacial score (nSPS) is 13.4. The number of rotatable bonds is 9. The average molecular weight is 245 g/mol. The zero-order valence-electron chi connectivity index (χ0n) is 9.85. The minimum absolute atomic E-state index is 0.180. The maximum Gasteiger partial charge on any atom is 0.331 e. The molecule has 0 aromatic carbocycles. The van der Waals surface area contributed by atoms with Gasteiger partial charge in [-0.25, -0.2) is 9.59 Å². The van der Waals surface area contributed by atoms with Gasteiger partial charge in [0.2, 0.25) is 0 Å². The fourth-order valence-electron chi connectivity index (χ4n) is 1.25. The number of unbranched alkanes of at least 4 members (excludes halogenated alkanes) is 1. The van der Waals surface area contributed by atoms with Gasteiger partial charge in [-0.05, 0) is 13.0 Å². The Labute approximate surface area is 100.0 Å². The maximum atomic E-state index is 10.7. The Kier molecular flexibility index (Phi) is 8.00. The molecule has 0 aliphatic heterocycles. The molecule has 0 saturated carbocycles. The zero-order chi connectivity index (χ0) is 13.3. The second kappa shape index (κ2) is 8.72. The molecule has 0 spiro atoms. The highest BCUT2D eigenvalue weighted by molar-refractivity contribution is 5.94. The number of aliphatic hydroxyl groups excluding tert-OH is 1. The molecule has 4 N–H and O–H groups in total. The Hall–Kier alpha value is -1.40. The van der Waals surface area contributed by atoms with Gasteiger partial charge in [0, 0.05) is 24.6 Å². The lowest BCUT2D eigenvalue weighted by Gasteiger charge is -2.11. The third-order valence-electron chi connectivity index (χ3n) is 2.12. The molecular formula is C11H19NO5. The SMILES string of the molecule is CCCCNCC(O)C/C(=C/C(=O)O)C(=O)O. The van der Waals surface area contributed by atoms with E-state index >= 15 is 0 Å². The first-order chi connectivity index (χ1) is 7.97. The molecule has 0 amide bonds. The monoisotopic (exact) mass is 245 g/mol. The van der Waals surface area contributed by atoms with Crippen molar-refractivity contribution >= 4 is 11.9 Å². The van der Waals surface area contributed by atoms with E-state index in [1.165, 1.54) is 0 Å². The maximum absolute atomic E-state index is 10.7. The Morgan fingerprint density at radius 1 is 1.35 bits per heavy atom. The highest BCUT2D eigenvalue weighted by atomic mass is 16.4. The summed E-state index contributed by atoms with van der Waals surface area (Å²) in [4.78, 5) is 21.0. The van der Waals surface area contributed by atoms with Gasteiger partial charge in [-0.1, -0.05) is 13.3 Å². The van der Waals surface area contributed by atoms with Gasteiger partial charge in [0.15, 0.2) is 0 Å². The van der Waals surface area contributed by atoms with Crippen LogP contribution in [-0.4, -0.2) is 46.5 Å². The van der Waals surface area contributed by atoms with Crippen LogP contribution in [-0.2, 0) is 9.59 Å². The molecule has 6 heteroatoms. The minimum atomic E-state index is -1.33. The molecule has 6 nitrogen and oxygen atoms in total. The molecule has 0 bridgehead atoms. The lowest BCUT2D eigenvalue weighted by Crippen LogP contribution is -2.28. The smallest absolute Gasteiger partial charge is 0.331 e. The summed E-state index contributed by atoms with van der Waals surface area (Å²) in [6.45, 7) is 3.04. The molecule has 0 radical (unpaired) electrons. The summed E-state index contributed by atoms with van der Waals surface area (Å²) in [5.74, 6) is -2.64. The van der Waals surface area contributed by atoms with Crippen LogP contribution in [0.15, 0.2) is 11.6 Å². The van der Waals surface area contributed by atoms with Gasteiger partial charge in [-0.3, -0.25) is 0 Å². The van der Waals surface area contributed by atoms with Crippen LogP contribution in [0, 0.1) is 0 Å². The van der Waals surface area contributed by atoms with Crippen molar-refractivity contribution in [2.24, 2.45) is 0 Å². The highest BCUT2D eigenvalue weighted by Crippen LogP contribution is 2.05. The molecule has 1 atom stereocenters. The van der Waals surface area contributed by atoms with Crippen molar-refractivity contribution in [3.8, 4) is 0 Å². The molecule has 17 heavy (non-hydrogen) atoms. The van der Waals surface area contributed by atoms with Crippen molar-refractivity contribution in [1.29, 1.82) is 0 Å². The molecular weight excluding hydrogens is 226 g/mol. The van der Waals surface area contributed by atoms with Crippen LogP contribution in [0.2, 0.25) is 0 Å². The summed E-state index contributed by atoms with van der Waals surface area (Å²) in [6, 6.07) is 0. The predicted octanol–water partition coefficient (Wildman–Crippen LogP) is 0.223. The van der Waals surface area contributed by atoms with E-state index in [0.29, 0.717) is 6.08 Å². The summed E-state index contributed by atoms with van der Waals surface area (Å²) in [5.41, 5.74) is -0.303. The number of carboxylic acids is 2. The number of nitrogens with one attached hydrogen (secondary N) is 1.